The maximum Gasteiger partial charge on any atom is 0.573 e. The van der Waals surface area contributed by atoms with Crippen molar-refractivity contribution in [1.29, 1.82) is 0 Å². The summed E-state index contributed by atoms with van der Waals surface area (Å²) in [6.07, 6.45) is -5.88. The van der Waals surface area contributed by atoms with Crippen LogP contribution < -0.4 is 14.7 Å². The number of benzene rings is 3. The normalized spacial score (nSPS) is 22.3. The molecule has 174 valence electrons. The predicted octanol–water partition coefficient (Wildman–Crippen LogP) is 4.94. The van der Waals surface area contributed by atoms with E-state index in [2.05, 4.69) is 4.74 Å². The van der Waals surface area contributed by atoms with Crippen LogP contribution in [-0.4, -0.2) is 24.3 Å². The van der Waals surface area contributed by atoms with Gasteiger partial charge in [0.05, 0.1) is 17.4 Å². The molecule has 2 fully saturated rings. The van der Waals surface area contributed by atoms with Gasteiger partial charge in [0, 0.05) is 0 Å². The smallest absolute Gasteiger partial charge is 0.406 e. The number of amides is 2. The third-order valence-corrected chi connectivity index (χ3v) is 5.87. The third kappa shape index (κ3) is 3.88. The molecule has 3 aromatic rings. The molecule has 2 amide bonds. The average molecular weight is 468 g/mol. The third-order valence-electron chi connectivity index (χ3n) is 5.87. The van der Waals surface area contributed by atoms with Crippen molar-refractivity contribution < 1.29 is 32.3 Å². The fraction of sp³-hybridized carbons (Fsp3) is 0.200. The van der Waals surface area contributed by atoms with E-state index in [1.54, 1.807) is 48.5 Å². The van der Waals surface area contributed by atoms with Crippen molar-refractivity contribution in [3.63, 3.8) is 0 Å². The Morgan fingerprint density at radius 1 is 0.824 bits per heavy atom. The molecule has 6 nitrogen and oxygen atoms in total. The zero-order valence-electron chi connectivity index (χ0n) is 17.9. The van der Waals surface area contributed by atoms with Crippen LogP contribution in [0.4, 0.5) is 24.5 Å². The maximum absolute atomic E-state index is 13.5. The molecular formula is C25H19F3N2O4. The molecule has 3 atom stereocenters. The van der Waals surface area contributed by atoms with Crippen LogP contribution in [0.5, 0.6) is 5.75 Å². The molecule has 2 aliphatic rings. The number of halogens is 3. The Hall–Kier alpha value is -3.85. The lowest BCUT2D eigenvalue weighted by atomic mass is 9.90. The summed E-state index contributed by atoms with van der Waals surface area (Å²) < 4.78 is 41.7. The number of imide groups is 1. The fourth-order valence-electron chi connectivity index (χ4n) is 4.37. The van der Waals surface area contributed by atoms with Gasteiger partial charge in [0.1, 0.15) is 11.7 Å². The van der Waals surface area contributed by atoms with E-state index >= 15 is 0 Å². The minimum Gasteiger partial charge on any atom is -0.406 e. The number of fused-ring (bicyclic) bond motifs is 1. The lowest BCUT2D eigenvalue weighted by Crippen LogP contribution is -2.37. The van der Waals surface area contributed by atoms with Gasteiger partial charge in [-0.05, 0) is 48.9 Å². The molecule has 0 bridgehead atoms. The molecule has 5 rings (SSSR count). The second kappa shape index (κ2) is 8.18. The molecule has 0 aliphatic carbocycles. The standard InChI is InChI=1S/C25H19F3N2O4/c1-15-7-11-17(12-8-15)29-23(31)20-21(16-9-13-19(14-10-16)33-25(26,27)28)30(34-22(20)24(29)32)18-5-3-2-4-6-18/h2-14,20-22H,1H3/t20-,21+,22-/m0/s1. The quantitative estimate of drug-likeness (QED) is 0.508. The van der Waals surface area contributed by atoms with E-state index in [-0.39, 0.29) is 5.75 Å². The van der Waals surface area contributed by atoms with Gasteiger partial charge < -0.3 is 4.74 Å². The van der Waals surface area contributed by atoms with Crippen LogP contribution in [0.1, 0.15) is 17.2 Å². The molecule has 2 heterocycles. The highest BCUT2D eigenvalue weighted by molar-refractivity contribution is 6.23. The van der Waals surface area contributed by atoms with Gasteiger partial charge in [-0.25, -0.2) is 9.96 Å². The van der Waals surface area contributed by atoms with Crippen molar-refractivity contribution >= 4 is 23.2 Å². The number of alkyl halides is 3. The Bertz CT molecular complexity index is 1210. The summed E-state index contributed by atoms with van der Waals surface area (Å²) in [4.78, 5) is 33.9. The van der Waals surface area contributed by atoms with Crippen molar-refractivity contribution in [3.05, 3.63) is 90.0 Å². The Balaban J connectivity index is 1.53. The number of hydroxylamine groups is 1. The second-order valence-corrected chi connectivity index (χ2v) is 8.12. The molecule has 34 heavy (non-hydrogen) atoms. The topological polar surface area (TPSA) is 59.1 Å². The average Bonchev–Trinajstić information content (AvgIpc) is 3.31. The Morgan fingerprint density at radius 3 is 2.09 bits per heavy atom. The minimum absolute atomic E-state index is 0.381. The number of ether oxygens (including phenoxy) is 1. The van der Waals surface area contributed by atoms with Gasteiger partial charge in [0.25, 0.3) is 5.91 Å². The first-order valence-corrected chi connectivity index (χ1v) is 10.5. The molecule has 3 aromatic carbocycles. The minimum atomic E-state index is -4.82. The number of rotatable bonds is 4. The van der Waals surface area contributed by atoms with Crippen molar-refractivity contribution in [3.8, 4) is 5.75 Å². The first-order valence-electron chi connectivity index (χ1n) is 10.5. The highest BCUT2D eigenvalue weighted by atomic mass is 19.4. The summed E-state index contributed by atoms with van der Waals surface area (Å²) in [7, 11) is 0. The molecule has 0 saturated carbocycles. The summed E-state index contributed by atoms with van der Waals surface area (Å²) >= 11 is 0. The Labute approximate surface area is 193 Å². The van der Waals surface area contributed by atoms with E-state index in [1.165, 1.54) is 29.3 Å². The van der Waals surface area contributed by atoms with E-state index in [0.29, 0.717) is 16.9 Å². The van der Waals surface area contributed by atoms with E-state index in [1.807, 2.05) is 13.0 Å². The first kappa shape index (κ1) is 22.0. The van der Waals surface area contributed by atoms with Crippen LogP contribution in [0, 0.1) is 12.8 Å². The summed E-state index contributed by atoms with van der Waals surface area (Å²) in [5, 5.41) is 1.48. The van der Waals surface area contributed by atoms with Crippen LogP contribution in [0.25, 0.3) is 0 Å². The molecule has 0 radical (unpaired) electrons. The highest BCUT2D eigenvalue weighted by Crippen LogP contribution is 2.47. The van der Waals surface area contributed by atoms with E-state index in [4.69, 9.17) is 4.84 Å². The fourth-order valence-corrected chi connectivity index (χ4v) is 4.37. The number of para-hydroxylation sites is 1. The van der Waals surface area contributed by atoms with Gasteiger partial charge in [-0.15, -0.1) is 13.2 Å². The summed E-state index contributed by atoms with van der Waals surface area (Å²) in [5.74, 6) is -2.19. The Kier molecular flexibility index (Phi) is 5.28. The SMILES string of the molecule is Cc1ccc(N2C(=O)[C@@H]3[C@H](ON(c4ccccc4)[C@@H]3c3ccc(OC(F)(F)F)cc3)C2=O)cc1. The van der Waals surface area contributed by atoms with Gasteiger partial charge in [0.2, 0.25) is 5.91 Å². The van der Waals surface area contributed by atoms with Crippen LogP contribution in [0.3, 0.4) is 0 Å². The summed E-state index contributed by atoms with van der Waals surface area (Å²) in [5.41, 5.74) is 2.55. The molecular weight excluding hydrogens is 449 g/mol. The summed E-state index contributed by atoms with van der Waals surface area (Å²) in [6, 6.07) is 20.4. The number of nitrogens with zero attached hydrogens (tertiary/aromatic N) is 2. The Morgan fingerprint density at radius 2 is 1.47 bits per heavy atom. The molecule has 9 heteroatoms. The molecule has 2 aliphatic heterocycles. The number of hydrogen-bond donors (Lipinski definition) is 0. The molecule has 0 aromatic heterocycles. The van der Waals surface area contributed by atoms with Gasteiger partial charge in [-0.3, -0.25) is 14.4 Å². The molecule has 0 N–H and O–H groups in total. The largest absolute Gasteiger partial charge is 0.573 e. The maximum atomic E-state index is 13.5. The number of aryl methyl sites for hydroxylation is 1. The van der Waals surface area contributed by atoms with Crippen molar-refractivity contribution in [2.75, 3.05) is 9.96 Å². The van der Waals surface area contributed by atoms with Crippen molar-refractivity contribution in [1.82, 2.24) is 0 Å². The van der Waals surface area contributed by atoms with Crippen LogP contribution in [0.15, 0.2) is 78.9 Å². The van der Waals surface area contributed by atoms with Crippen LogP contribution in [-0.2, 0) is 14.4 Å². The van der Waals surface area contributed by atoms with Gasteiger partial charge >= 0.3 is 6.36 Å². The predicted molar refractivity (Wildman–Crippen MR) is 117 cm³/mol. The number of hydrogen-bond acceptors (Lipinski definition) is 5. The van der Waals surface area contributed by atoms with Gasteiger partial charge in [-0.1, -0.05) is 48.0 Å². The van der Waals surface area contributed by atoms with Gasteiger partial charge in [0.15, 0.2) is 6.10 Å². The lowest BCUT2D eigenvalue weighted by Gasteiger charge is -2.29. The lowest BCUT2D eigenvalue weighted by molar-refractivity contribution is -0.274. The monoisotopic (exact) mass is 468 g/mol. The van der Waals surface area contributed by atoms with Crippen molar-refractivity contribution in [2.24, 2.45) is 5.92 Å². The van der Waals surface area contributed by atoms with E-state index in [9.17, 15) is 22.8 Å². The van der Waals surface area contributed by atoms with Gasteiger partial charge in [-0.2, -0.15) is 0 Å². The molecule has 2 saturated heterocycles. The van der Waals surface area contributed by atoms with Crippen LogP contribution >= 0.6 is 0 Å². The number of carbonyl (C=O) groups is 2. The molecule has 0 unspecified atom stereocenters. The first-order chi connectivity index (χ1) is 16.2. The summed E-state index contributed by atoms with van der Waals surface area (Å²) in [6.45, 7) is 1.90. The zero-order valence-corrected chi connectivity index (χ0v) is 17.9. The molecule has 0 spiro atoms. The highest BCUT2D eigenvalue weighted by Gasteiger charge is 2.60. The second-order valence-electron chi connectivity index (χ2n) is 8.12. The van der Waals surface area contributed by atoms with Crippen LogP contribution in [0.2, 0.25) is 0 Å². The van der Waals surface area contributed by atoms with E-state index in [0.717, 1.165) is 10.5 Å². The number of carbonyl (C=O) groups excluding carboxylic acids is 2. The van der Waals surface area contributed by atoms with Crippen molar-refractivity contribution in [2.45, 2.75) is 25.4 Å². The van der Waals surface area contributed by atoms with E-state index < -0.39 is 36.2 Å². The zero-order chi connectivity index (χ0) is 24.0. The number of anilines is 2.